The third kappa shape index (κ3) is 3.58. The summed E-state index contributed by atoms with van der Waals surface area (Å²) in [5.41, 5.74) is 0.968. The number of rotatable bonds is 5. The van der Waals surface area contributed by atoms with Crippen molar-refractivity contribution in [3.63, 3.8) is 0 Å². The summed E-state index contributed by atoms with van der Waals surface area (Å²) in [5, 5.41) is 3.84. The Hall–Kier alpha value is -2.22. The average molecular weight is 319 g/mol. The van der Waals surface area contributed by atoms with Gasteiger partial charge in [-0.3, -0.25) is 4.79 Å². The largest absolute Gasteiger partial charge is 0.377 e. The number of imidazole rings is 1. The highest BCUT2D eigenvalue weighted by atomic mass is 16.5. The summed E-state index contributed by atoms with van der Waals surface area (Å²) in [5.74, 6) is 1.99. The van der Waals surface area contributed by atoms with Crippen LogP contribution in [0, 0.1) is 6.92 Å². The molecular formula is C15H21N5O3. The second-order valence-corrected chi connectivity index (χ2v) is 5.59. The van der Waals surface area contributed by atoms with Crippen molar-refractivity contribution in [3.8, 4) is 0 Å². The van der Waals surface area contributed by atoms with Gasteiger partial charge in [0, 0.05) is 37.7 Å². The number of hydrogen-bond donors (Lipinski definition) is 1. The molecule has 0 radical (unpaired) electrons. The first kappa shape index (κ1) is 15.7. The molecule has 1 fully saturated rings. The molecule has 3 rings (SSSR count). The van der Waals surface area contributed by atoms with Crippen molar-refractivity contribution < 1.29 is 14.1 Å². The predicted octanol–water partition coefficient (Wildman–Crippen LogP) is 1.20. The molecule has 1 aliphatic heterocycles. The number of ether oxygens (including phenoxy) is 1. The number of carbonyl (C=O) groups is 1. The van der Waals surface area contributed by atoms with Gasteiger partial charge >= 0.3 is 0 Å². The van der Waals surface area contributed by atoms with Crippen LogP contribution in [0.4, 0.5) is 0 Å². The molecule has 0 spiro atoms. The van der Waals surface area contributed by atoms with Crippen molar-refractivity contribution in [2.45, 2.75) is 39.2 Å². The number of amides is 1. The molecule has 8 nitrogen and oxygen atoms in total. The second-order valence-electron chi connectivity index (χ2n) is 5.59. The predicted molar refractivity (Wildman–Crippen MR) is 80.6 cm³/mol. The number of carbonyl (C=O) groups excluding carboxylic acids is 1. The fourth-order valence-corrected chi connectivity index (χ4v) is 2.62. The molecule has 1 amide bonds. The summed E-state index contributed by atoms with van der Waals surface area (Å²) >= 11 is 0. The number of hydrogen-bond acceptors (Lipinski definition) is 6. The summed E-state index contributed by atoms with van der Waals surface area (Å²) < 4.78 is 10.6. The maximum atomic E-state index is 12.6. The second kappa shape index (κ2) is 6.91. The molecule has 0 unspecified atom stereocenters. The summed E-state index contributed by atoms with van der Waals surface area (Å²) in [6.07, 6.45) is 3.27. The average Bonchev–Trinajstić information content (AvgIpc) is 3.21. The molecule has 3 heterocycles. The van der Waals surface area contributed by atoms with Gasteiger partial charge in [-0.05, 0) is 6.92 Å². The Balaban J connectivity index is 1.64. The van der Waals surface area contributed by atoms with E-state index in [1.807, 2.05) is 18.7 Å². The molecule has 8 heteroatoms. The summed E-state index contributed by atoms with van der Waals surface area (Å²) in [6, 6.07) is -0.168. The van der Waals surface area contributed by atoms with Crippen molar-refractivity contribution >= 4 is 5.91 Å². The van der Waals surface area contributed by atoms with Gasteiger partial charge in [0.25, 0.3) is 0 Å². The molecule has 0 aromatic carbocycles. The van der Waals surface area contributed by atoms with Gasteiger partial charge in [0.05, 0.1) is 13.2 Å². The number of H-pyrrole nitrogens is 1. The fraction of sp³-hybridized carbons (Fsp3) is 0.600. The minimum Gasteiger partial charge on any atom is -0.377 e. The minimum atomic E-state index is -0.168. The smallest absolute Gasteiger partial charge is 0.227 e. The van der Waals surface area contributed by atoms with Crippen molar-refractivity contribution in [1.82, 2.24) is 25.0 Å². The summed E-state index contributed by atoms with van der Waals surface area (Å²) in [6.45, 7) is 5.46. The van der Waals surface area contributed by atoms with E-state index < -0.39 is 0 Å². The topological polar surface area (TPSA) is 97.1 Å². The van der Waals surface area contributed by atoms with Crippen LogP contribution in [0.3, 0.4) is 0 Å². The summed E-state index contributed by atoms with van der Waals surface area (Å²) in [4.78, 5) is 26.2. The zero-order chi connectivity index (χ0) is 16.2. The van der Waals surface area contributed by atoms with Crippen LogP contribution < -0.4 is 0 Å². The van der Waals surface area contributed by atoms with Crippen LogP contribution in [-0.2, 0) is 22.4 Å². The van der Waals surface area contributed by atoms with E-state index in [4.69, 9.17) is 9.26 Å². The van der Waals surface area contributed by atoms with Gasteiger partial charge in [-0.25, -0.2) is 4.98 Å². The molecule has 124 valence electrons. The standard InChI is InChI=1S/C15H21N5O3/c1-3-12-18-13(23-19-12)4-5-14(21)20-6-7-22-9-11(20)15-16-8-10(2)17-15/h8,11H,3-7,9H2,1-2H3,(H,16,17)/t11-/m1/s1. The van der Waals surface area contributed by atoms with Crippen molar-refractivity contribution in [2.24, 2.45) is 0 Å². The van der Waals surface area contributed by atoms with Crippen LogP contribution in [-0.4, -0.2) is 50.7 Å². The van der Waals surface area contributed by atoms with Gasteiger partial charge in [0.2, 0.25) is 11.8 Å². The molecule has 2 aromatic heterocycles. The molecule has 1 aliphatic rings. The van der Waals surface area contributed by atoms with E-state index in [0.717, 1.165) is 17.9 Å². The first-order valence-electron chi connectivity index (χ1n) is 7.87. The number of nitrogens with one attached hydrogen (secondary N) is 1. The number of nitrogens with zero attached hydrogens (tertiary/aromatic N) is 4. The zero-order valence-corrected chi connectivity index (χ0v) is 13.4. The van der Waals surface area contributed by atoms with Gasteiger partial charge in [-0.2, -0.15) is 4.98 Å². The van der Waals surface area contributed by atoms with Gasteiger partial charge < -0.3 is 19.1 Å². The molecular weight excluding hydrogens is 298 g/mol. The molecule has 0 aliphatic carbocycles. The molecule has 0 bridgehead atoms. The Kier molecular flexibility index (Phi) is 4.71. The van der Waals surface area contributed by atoms with Crippen LogP contribution >= 0.6 is 0 Å². The maximum absolute atomic E-state index is 12.6. The van der Waals surface area contributed by atoms with E-state index in [9.17, 15) is 4.79 Å². The maximum Gasteiger partial charge on any atom is 0.227 e. The number of aryl methyl sites for hydroxylation is 3. The Labute approximate surface area is 134 Å². The van der Waals surface area contributed by atoms with Crippen molar-refractivity contribution in [2.75, 3.05) is 19.8 Å². The lowest BCUT2D eigenvalue weighted by Gasteiger charge is -2.34. The molecule has 1 atom stereocenters. The number of morpholine rings is 1. The first-order chi connectivity index (χ1) is 11.2. The van der Waals surface area contributed by atoms with Gasteiger partial charge in [0.1, 0.15) is 11.9 Å². The highest BCUT2D eigenvalue weighted by molar-refractivity contribution is 5.76. The van der Waals surface area contributed by atoms with Gasteiger partial charge in [0.15, 0.2) is 5.82 Å². The van der Waals surface area contributed by atoms with E-state index in [0.29, 0.717) is 44.3 Å². The SMILES string of the molecule is CCc1noc(CCC(=O)N2CCOC[C@@H]2c2ncc(C)[nH]2)n1. The highest BCUT2D eigenvalue weighted by Gasteiger charge is 2.30. The Morgan fingerprint density at radius 1 is 1.52 bits per heavy atom. The monoisotopic (exact) mass is 319 g/mol. The van der Waals surface area contributed by atoms with E-state index in [2.05, 4.69) is 20.1 Å². The number of aromatic amines is 1. The Morgan fingerprint density at radius 3 is 3.09 bits per heavy atom. The lowest BCUT2D eigenvalue weighted by atomic mass is 10.1. The van der Waals surface area contributed by atoms with Crippen LogP contribution in [0.25, 0.3) is 0 Å². The molecule has 2 aromatic rings. The minimum absolute atomic E-state index is 0.0450. The lowest BCUT2D eigenvalue weighted by Crippen LogP contribution is -2.44. The third-order valence-electron chi connectivity index (χ3n) is 3.87. The first-order valence-corrected chi connectivity index (χ1v) is 7.87. The van der Waals surface area contributed by atoms with E-state index in [1.54, 1.807) is 6.20 Å². The van der Waals surface area contributed by atoms with E-state index >= 15 is 0 Å². The van der Waals surface area contributed by atoms with Crippen LogP contribution in [0.5, 0.6) is 0 Å². The zero-order valence-electron chi connectivity index (χ0n) is 13.4. The van der Waals surface area contributed by atoms with Crippen LogP contribution in [0.15, 0.2) is 10.7 Å². The molecule has 0 saturated carbocycles. The fourth-order valence-electron chi connectivity index (χ4n) is 2.62. The Morgan fingerprint density at radius 2 is 2.39 bits per heavy atom. The van der Waals surface area contributed by atoms with E-state index in [1.165, 1.54) is 0 Å². The molecule has 1 saturated heterocycles. The van der Waals surface area contributed by atoms with Crippen molar-refractivity contribution in [1.29, 1.82) is 0 Å². The van der Waals surface area contributed by atoms with E-state index in [-0.39, 0.29) is 11.9 Å². The highest BCUT2D eigenvalue weighted by Crippen LogP contribution is 2.23. The lowest BCUT2D eigenvalue weighted by molar-refractivity contribution is -0.140. The van der Waals surface area contributed by atoms with Gasteiger partial charge in [-0.15, -0.1) is 0 Å². The summed E-state index contributed by atoms with van der Waals surface area (Å²) in [7, 11) is 0. The molecule has 23 heavy (non-hydrogen) atoms. The van der Waals surface area contributed by atoms with Crippen molar-refractivity contribution in [3.05, 3.63) is 29.4 Å². The van der Waals surface area contributed by atoms with Crippen LogP contribution in [0.1, 0.15) is 42.6 Å². The number of aromatic nitrogens is 4. The normalized spacial score (nSPS) is 18.3. The molecule has 1 N–H and O–H groups in total. The van der Waals surface area contributed by atoms with Gasteiger partial charge in [-0.1, -0.05) is 12.1 Å². The quantitative estimate of drug-likeness (QED) is 0.889. The third-order valence-corrected chi connectivity index (χ3v) is 3.87. The Bertz CT molecular complexity index is 666. The van der Waals surface area contributed by atoms with Crippen LogP contribution in [0.2, 0.25) is 0 Å².